The summed E-state index contributed by atoms with van der Waals surface area (Å²) >= 11 is 0. The van der Waals surface area contributed by atoms with E-state index in [1.54, 1.807) is 24.3 Å². The highest BCUT2D eigenvalue weighted by Gasteiger charge is 2.29. The molecule has 5 rings (SSSR count). The third-order valence-electron chi connectivity index (χ3n) is 6.79. The predicted molar refractivity (Wildman–Crippen MR) is 157 cm³/mol. The number of carboxylic acid groups (broad SMARTS) is 1. The van der Waals surface area contributed by atoms with Crippen molar-refractivity contribution in [2.75, 3.05) is 13.2 Å². The van der Waals surface area contributed by atoms with Gasteiger partial charge < -0.3 is 23.9 Å². The zero-order valence-electron chi connectivity index (χ0n) is 23.2. The number of aliphatic carboxylic acids is 1. The summed E-state index contributed by atoms with van der Waals surface area (Å²) in [5.41, 5.74) is 2.72. The molecular formula is C34H30F3NO5. The summed E-state index contributed by atoms with van der Waals surface area (Å²) in [5, 5.41) is 10.3. The van der Waals surface area contributed by atoms with E-state index in [4.69, 9.17) is 14.2 Å². The maximum atomic E-state index is 12.8. The van der Waals surface area contributed by atoms with E-state index in [-0.39, 0.29) is 13.0 Å². The summed E-state index contributed by atoms with van der Waals surface area (Å²) in [5.74, 6) is 0.897. The first-order chi connectivity index (χ1) is 20.7. The molecule has 0 unspecified atom stereocenters. The number of carbonyl (C=O) groups is 1. The summed E-state index contributed by atoms with van der Waals surface area (Å²) < 4.78 is 57.8. The van der Waals surface area contributed by atoms with Gasteiger partial charge in [0.05, 0.1) is 25.2 Å². The Morgan fingerprint density at radius 3 is 2.09 bits per heavy atom. The molecule has 1 aromatic heterocycles. The van der Waals surface area contributed by atoms with Crippen LogP contribution < -0.4 is 14.2 Å². The Hall–Kier alpha value is -4.92. The van der Waals surface area contributed by atoms with Crippen molar-refractivity contribution in [2.45, 2.75) is 32.2 Å². The molecule has 43 heavy (non-hydrogen) atoms. The maximum absolute atomic E-state index is 12.8. The Bertz CT molecular complexity index is 1660. The summed E-state index contributed by atoms with van der Waals surface area (Å²) in [6, 6.07) is 27.6. The average Bonchev–Trinajstić information content (AvgIpc) is 3.31. The highest BCUT2D eigenvalue weighted by atomic mass is 19.4. The molecule has 6 nitrogen and oxygen atoms in total. The van der Waals surface area contributed by atoms with Crippen LogP contribution in [0.2, 0.25) is 0 Å². The van der Waals surface area contributed by atoms with Gasteiger partial charge in [-0.25, -0.2) is 0 Å². The van der Waals surface area contributed by atoms with E-state index in [0.717, 1.165) is 34.2 Å². The number of hydrogen-bond donors (Lipinski definition) is 1. The summed E-state index contributed by atoms with van der Waals surface area (Å²) in [6.07, 6.45) is -1.95. The van der Waals surface area contributed by atoms with Gasteiger partial charge in [0.15, 0.2) is 0 Å². The fraction of sp³-hybridized carbons (Fsp3) is 0.206. The van der Waals surface area contributed by atoms with Crippen LogP contribution in [0.15, 0.2) is 103 Å². The summed E-state index contributed by atoms with van der Waals surface area (Å²) in [7, 11) is 0. The van der Waals surface area contributed by atoms with Crippen LogP contribution in [-0.4, -0.2) is 28.9 Å². The molecule has 1 heterocycles. The van der Waals surface area contributed by atoms with Gasteiger partial charge in [-0.1, -0.05) is 48.5 Å². The second kappa shape index (κ2) is 13.4. The fourth-order valence-electron chi connectivity index (χ4n) is 4.70. The highest BCUT2D eigenvalue weighted by Crippen LogP contribution is 2.30. The van der Waals surface area contributed by atoms with Gasteiger partial charge in [-0.3, -0.25) is 4.79 Å². The molecule has 0 aliphatic carbocycles. The van der Waals surface area contributed by atoms with Crippen molar-refractivity contribution in [2.24, 2.45) is 0 Å². The van der Waals surface area contributed by atoms with Crippen LogP contribution in [0.1, 0.15) is 28.7 Å². The number of halogens is 3. The van der Waals surface area contributed by atoms with Gasteiger partial charge in [0, 0.05) is 36.1 Å². The summed E-state index contributed by atoms with van der Waals surface area (Å²) in [4.78, 5) is 11.5. The van der Waals surface area contributed by atoms with Crippen LogP contribution in [0, 0.1) is 0 Å². The predicted octanol–water partition coefficient (Wildman–Crippen LogP) is 7.76. The van der Waals surface area contributed by atoms with Gasteiger partial charge in [-0.05, 0) is 59.2 Å². The Labute approximate surface area is 246 Å². The van der Waals surface area contributed by atoms with Crippen molar-refractivity contribution in [3.63, 3.8) is 0 Å². The minimum atomic E-state index is -4.37. The molecule has 0 aliphatic rings. The molecule has 0 saturated carbocycles. The molecule has 4 aromatic carbocycles. The fourth-order valence-corrected chi connectivity index (χ4v) is 4.70. The lowest BCUT2D eigenvalue weighted by atomic mass is 10.1. The van der Waals surface area contributed by atoms with Gasteiger partial charge in [-0.2, -0.15) is 13.2 Å². The second-order valence-corrected chi connectivity index (χ2v) is 10.0. The van der Waals surface area contributed by atoms with Crippen LogP contribution in [0.4, 0.5) is 13.2 Å². The van der Waals surface area contributed by atoms with Crippen molar-refractivity contribution < 1.29 is 37.3 Å². The normalized spacial score (nSPS) is 11.4. The van der Waals surface area contributed by atoms with E-state index < -0.39 is 17.7 Å². The standard InChI is InChI=1S/C34H30F3NO5/c35-34(36,37)27-12-10-25(11-13-27)23-43-29-9-4-8-28(19-29)41-16-5-17-42-30-14-15-32-31(20-30)26(18-33(39)40)22-38(32)21-24-6-2-1-3-7-24/h1-4,6-15,19-20,22H,5,16-18,21,23H2,(H,39,40). The smallest absolute Gasteiger partial charge is 0.416 e. The van der Waals surface area contributed by atoms with Crippen LogP contribution in [0.3, 0.4) is 0 Å². The first kappa shape index (κ1) is 29.6. The molecule has 9 heteroatoms. The zero-order valence-corrected chi connectivity index (χ0v) is 23.2. The number of alkyl halides is 3. The van der Waals surface area contributed by atoms with Gasteiger partial charge in [0.2, 0.25) is 0 Å². The van der Waals surface area contributed by atoms with Crippen molar-refractivity contribution in [1.29, 1.82) is 0 Å². The SMILES string of the molecule is O=C(O)Cc1cn(Cc2ccccc2)c2ccc(OCCCOc3cccc(OCc4ccc(C(F)(F)F)cc4)c3)cc12. The first-order valence-corrected chi connectivity index (χ1v) is 13.8. The Balaban J connectivity index is 1.12. The van der Waals surface area contributed by atoms with Gasteiger partial charge >= 0.3 is 12.1 Å². The second-order valence-electron chi connectivity index (χ2n) is 10.0. The van der Waals surface area contributed by atoms with Crippen molar-refractivity contribution in [1.82, 2.24) is 4.57 Å². The maximum Gasteiger partial charge on any atom is 0.416 e. The zero-order chi connectivity index (χ0) is 30.2. The van der Waals surface area contributed by atoms with Crippen molar-refractivity contribution >= 4 is 16.9 Å². The third-order valence-corrected chi connectivity index (χ3v) is 6.79. The van der Waals surface area contributed by atoms with Crippen LogP contribution in [0.5, 0.6) is 17.2 Å². The van der Waals surface area contributed by atoms with E-state index >= 15 is 0 Å². The number of benzene rings is 4. The molecule has 0 saturated heterocycles. The number of rotatable bonds is 13. The highest BCUT2D eigenvalue weighted by molar-refractivity contribution is 5.88. The number of fused-ring (bicyclic) bond motifs is 1. The van der Waals surface area contributed by atoms with E-state index in [1.165, 1.54) is 12.1 Å². The van der Waals surface area contributed by atoms with Gasteiger partial charge in [-0.15, -0.1) is 0 Å². The molecule has 1 N–H and O–H groups in total. The van der Waals surface area contributed by atoms with E-state index in [2.05, 4.69) is 4.57 Å². The largest absolute Gasteiger partial charge is 0.493 e. The Morgan fingerprint density at radius 2 is 1.42 bits per heavy atom. The monoisotopic (exact) mass is 589 g/mol. The lowest BCUT2D eigenvalue weighted by Crippen LogP contribution is -2.05. The van der Waals surface area contributed by atoms with Crippen molar-refractivity contribution in [3.8, 4) is 17.2 Å². The lowest BCUT2D eigenvalue weighted by molar-refractivity contribution is -0.138. The summed E-state index contributed by atoms with van der Waals surface area (Å²) in [6.45, 7) is 1.55. The molecule has 5 aromatic rings. The van der Waals surface area contributed by atoms with Crippen LogP contribution >= 0.6 is 0 Å². The molecule has 0 amide bonds. The quantitative estimate of drug-likeness (QED) is 0.142. The first-order valence-electron chi connectivity index (χ1n) is 13.8. The molecule has 0 fully saturated rings. The average molecular weight is 590 g/mol. The minimum absolute atomic E-state index is 0.0807. The van der Waals surface area contributed by atoms with E-state index in [0.29, 0.717) is 49.0 Å². The molecule has 0 atom stereocenters. The van der Waals surface area contributed by atoms with Crippen LogP contribution in [-0.2, 0) is 30.5 Å². The topological polar surface area (TPSA) is 69.9 Å². The van der Waals surface area contributed by atoms with Crippen molar-refractivity contribution in [3.05, 3.63) is 126 Å². The molecule has 222 valence electrons. The number of ether oxygens (including phenoxy) is 3. The van der Waals surface area contributed by atoms with E-state index in [9.17, 15) is 23.1 Å². The Kier molecular flexibility index (Phi) is 9.20. The molecule has 0 spiro atoms. The van der Waals surface area contributed by atoms with Crippen LogP contribution in [0.25, 0.3) is 10.9 Å². The molecule has 0 aliphatic heterocycles. The third kappa shape index (κ3) is 8.09. The number of hydrogen-bond acceptors (Lipinski definition) is 4. The number of aromatic nitrogens is 1. The van der Waals surface area contributed by atoms with Gasteiger partial charge in [0.25, 0.3) is 0 Å². The minimum Gasteiger partial charge on any atom is -0.493 e. The Morgan fingerprint density at radius 1 is 0.744 bits per heavy atom. The molecule has 0 bridgehead atoms. The number of carboxylic acids is 1. The molecular weight excluding hydrogens is 559 g/mol. The lowest BCUT2D eigenvalue weighted by Gasteiger charge is -2.11. The number of nitrogens with zero attached hydrogens (tertiary/aromatic N) is 1. The van der Waals surface area contributed by atoms with Gasteiger partial charge in [0.1, 0.15) is 23.9 Å². The van der Waals surface area contributed by atoms with E-state index in [1.807, 2.05) is 54.7 Å². The molecule has 0 radical (unpaired) electrons.